The first kappa shape index (κ1) is 21.3. The van der Waals surface area contributed by atoms with Gasteiger partial charge in [-0.1, -0.05) is 29.8 Å². The van der Waals surface area contributed by atoms with E-state index in [0.717, 1.165) is 24.6 Å². The van der Waals surface area contributed by atoms with Crippen LogP contribution < -0.4 is 9.62 Å². The molecule has 0 aliphatic carbocycles. The summed E-state index contributed by atoms with van der Waals surface area (Å²) in [6.07, 6.45) is 2.00. The summed E-state index contributed by atoms with van der Waals surface area (Å²) in [7, 11) is -0.897. The van der Waals surface area contributed by atoms with Crippen molar-refractivity contribution in [3.8, 4) is 0 Å². The molecular formula is C19H25N3O3S2. The smallest absolute Gasteiger partial charge is 0.304 e. The fraction of sp³-hybridized carbons (Fsp3) is 0.316. The average Bonchev–Trinajstić information content (AvgIpc) is 2.65. The summed E-state index contributed by atoms with van der Waals surface area (Å²) in [4.78, 5) is 13.6. The van der Waals surface area contributed by atoms with Gasteiger partial charge in [0.2, 0.25) is 5.91 Å². The first-order valence-corrected chi connectivity index (χ1v) is 11.0. The van der Waals surface area contributed by atoms with Gasteiger partial charge in [0, 0.05) is 25.5 Å². The van der Waals surface area contributed by atoms with Gasteiger partial charge < -0.3 is 5.32 Å². The molecule has 0 unspecified atom stereocenters. The van der Waals surface area contributed by atoms with Crippen LogP contribution in [0.2, 0.25) is 0 Å². The van der Waals surface area contributed by atoms with Crippen LogP contribution in [0.5, 0.6) is 0 Å². The zero-order chi connectivity index (χ0) is 20.0. The highest BCUT2D eigenvalue weighted by atomic mass is 32.2. The Morgan fingerprint density at radius 1 is 1.04 bits per heavy atom. The summed E-state index contributed by atoms with van der Waals surface area (Å²) in [5, 5.41) is 2.79. The largest absolute Gasteiger partial charge is 0.350 e. The Labute approximate surface area is 165 Å². The molecule has 0 radical (unpaired) electrons. The van der Waals surface area contributed by atoms with Crippen molar-refractivity contribution < 1.29 is 13.2 Å². The number of carbonyl (C=O) groups excluding carboxylic acids is 1. The molecule has 8 heteroatoms. The molecule has 2 rings (SSSR count). The molecule has 0 aliphatic heterocycles. The minimum Gasteiger partial charge on any atom is -0.350 e. The third kappa shape index (κ3) is 5.72. The van der Waals surface area contributed by atoms with E-state index in [1.165, 1.54) is 14.1 Å². The molecule has 0 bridgehead atoms. The van der Waals surface area contributed by atoms with Crippen molar-refractivity contribution in [2.24, 2.45) is 0 Å². The van der Waals surface area contributed by atoms with Crippen LogP contribution in [0, 0.1) is 6.92 Å². The Morgan fingerprint density at radius 3 is 2.15 bits per heavy atom. The number of amides is 1. The van der Waals surface area contributed by atoms with Crippen molar-refractivity contribution in [3.05, 3.63) is 59.7 Å². The van der Waals surface area contributed by atoms with Gasteiger partial charge in [0.05, 0.1) is 5.69 Å². The molecule has 1 amide bonds. The van der Waals surface area contributed by atoms with Crippen molar-refractivity contribution in [2.75, 3.05) is 31.2 Å². The quantitative estimate of drug-likeness (QED) is 0.683. The number of rotatable bonds is 8. The summed E-state index contributed by atoms with van der Waals surface area (Å²) >= 11 is 1.65. The van der Waals surface area contributed by atoms with Gasteiger partial charge in [0.25, 0.3) is 0 Å². The normalized spacial score (nSPS) is 11.4. The van der Waals surface area contributed by atoms with Gasteiger partial charge in [0.1, 0.15) is 6.54 Å². The lowest BCUT2D eigenvalue weighted by Gasteiger charge is -2.27. The van der Waals surface area contributed by atoms with Crippen LogP contribution in [0.25, 0.3) is 0 Å². The number of carbonyl (C=O) groups is 1. The van der Waals surface area contributed by atoms with Crippen molar-refractivity contribution >= 4 is 33.6 Å². The van der Waals surface area contributed by atoms with E-state index < -0.39 is 10.2 Å². The van der Waals surface area contributed by atoms with Crippen molar-refractivity contribution in [1.82, 2.24) is 9.62 Å². The minimum absolute atomic E-state index is 0.285. The Kier molecular flexibility index (Phi) is 7.29. The van der Waals surface area contributed by atoms with E-state index in [9.17, 15) is 13.2 Å². The third-order valence-corrected chi connectivity index (χ3v) is 6.56. The molecule has 6 nitrogen and oxygen atoms in total. The molecule has 0 aliphatic rings. The van der Waals surface area contributed by atoms with Crippen LogP contribution in [0.3, 0.4) is 0 Å². The number of anilines is 1. The number of nitrogens with zero attached hydrogens (tertiary/aromatic N) is 2. The van der Waals surface area contributed by atoms with Crippen LogP contribution >= 0.6 is 11.8 Å². The molecule has 0 heterocycles. The maximum absolute atomic E-state index is 12.7. The van der Waals surface area contributed by atoms with E-state index in [1.54, 1.807) is 23.9 Å². The van der Waals surface area contributed by atoms with E-state index in [4.69, 9.17) is 0 Å². The number of nitrogens with one attached hydrogen (secondary N) is 1. The van der Waals surface area contributed by atoms with Gasteiger partial charge in [0.15, 0.2) is 0 Å². The van der Waals surface area contributed by atoms with E-state index >= 15 is 0 Å². The third-order valence-electron chi connectivity index (χ3n) is 4.00. The fourth-order valence-electron chi connectivity index (χ4n) is 2.34. The van der Waals surface area contributed by atoms with E-state index in [-0.39, 0.29) is 12.5 Å². The lowest BCUT2D eigenvalue weighted by molar-refractivity contribution is -0.119. The molecule has 146 valence electrons. The SMILES string of the molecule is CSc1ccc(CNC(=O)CN(c2ccc(C)cc2)S(=O)(=O)N(C)C)cc1. The van der Waals surface area contributed by atoms with Crippen LogP contribution in [0.1, 0.15) is 11.1 Å². The molecule has 0 spiro atoms. The zero-order valence-corrected chi connectivity index (χ0v) is 17.6. The van der Waals surface area contributed by atoms with Gasteiger partial charge in [-0.2, -0.15) is 12.7 Å². The van der Waals surface area contributed by atoms with Crippen LogP contribution in [-0.2, 0) is 21.5 Å². The van der Waals surface area contributed by atoms with Crippen molar-refractivity contribution in [3.63, 3.8) is 0 Å². The van der Waals surface area contributed by atoms with Crippen molar-refractivity contribution in [2.45, 2.75) is 18.4 Å². The van der Waals surface area contributed by atoms with Gasteiger partial charge in [-0.05, 0) is 43.0 Å². The number of hydrogen-bond donors (Lipinski definition) is 1. The Morgan fingerprint density at radius 2 is 1.63 bits per heavy atom. The van der Waals surface area contributed by atoms with Gasteiger partial charge in [-0.15, -0.1) is 11.8 Å². The average molecular weight is 408 g/mol. The lowest BCUT2D eigenvalue weighted by Crippen LogP contribution is -2.45. The van der Waals surface area contributed by atoms with E-state index in [1.807, 2.05) is 49.6 Å². The predicted octanol–water partition coefficient (Wildman–Crippen LogP) is 2.65. The number of hydrogen-bond acceptors (Lipinski definition) is 4. The monoisotopic (exact) mass is 407 g/mol. The lowest BCUT2D eigenvalue weighted by atomic mass is 10.2. The molecule has 0 atom stereocenters. The highest BCUT2D eigenvalue weighted by molar-refractivity contribution is 7.98. The van der Waals surface area contributed by atoms with Crippen LogP contribution in [0.4, 0.5) is 5.69 Å². The number of thioether (sulfide) groups is 1. The fourth-order valence-corrected chi connectivity index (χ4v) is 3.82. The molecule has 1 N–H and O–H groups in total. The summed E-state index contributed by atoms with van der Waals surface area (Å²) in [6, 6.07) is 14.9. The molecule has 0 fully saturated rings. The second kappa shape index (κ2) is 9.25. The van der Waals surface area contributed by atoms with E-state index in [2.05, 4.69) is 5.32 Å². The van der Waals surface area contributed by atoms with Crippen LogP contribution in [0.15, 0.2) is 53.4 Å². The summed E-state index contributed by atoms with van der Waals surface area (Å²) in [5.41, 5.74) is 2.42. The van der Waals surface area contributed by atoms with Gasteiger partial charge in [-0.3, -0.25) is 4.79 Å². The first-order valence-electron chi connectivity index (χ1n) is 8.40. The minimum atomic E-state index is -3.79. The molecule has 0 saturated heterocycles. The van der Waals surface area contributed by atoms with Crippen molar-refractivity contribution in [1.29, 1.82) is 0 Å². The first-order chi connectivity index (χ1) is 12.7. The second-order valence-electron chi connectivity index (χ2n) is 6.26. The highest BCUT2D eigenvalue weighted by Gasteiger charge is 2.27. The molecule has 2 aromatic carbocycles. The summed E-state index contributed by atoms with van der Waals surface area (Å²) in [6.45, 7) is 1.98. The Balaban J connectivity index is 2.11. The zero-order valence-electron chi connectivity index (χ0n) is 16.0. The molecule has 0 aromatic heterocycles. The Hall–Kier alpha value is -2.03. The highest BCUT2D eigenvalue weighted by Crippen LogP contribution is 2.20. The van der Waals surface area contributed by atoms with Gasteiger partial charge >= 0.3 is 10.2 Å². The summed E-state index contributed by atoms with van der Waals surface area (Å²) < 4.78 is 27.5. The Bertz CT molecular complexity index is 864. The molecule has 0 saturated carbocycles. The number of benzene rings is 2. The molecular weight excluding hydrogens is 382 g/mol. The topological polar surface area (TPSA) is 69.7 Å². The van der Waals surface area contributed by atoms with Gasteiger partial charge in [-0.25, -0.2) is 4.31 Å². The molecule has 27 heavy (non-hydrogen) atoms. The van der Waals surface area contributed by atoms with E-state index in [0.29, 0.717) is 12.2 Å². The predicted molar refractivity (Wildman–Crippen MR) is 111 cm³/mol. The second-order valence-corrected chi connectivity index (χ2v) is 9.20. The maximum atomic E-state index is 12.7. The molecule has 2 aromatic rings. The summed E-state index contributed by atoms with van der Waals surface area (Å²) in [5.74, 6) is -0.366. The maximum Gasteiger partial charge on any atom is 0.304 e. The van der Waals surface area contributed by atoms with Crippen LogP contribution in [-0.4, -0.2) is 45.5 Å². The standard InChI is InChI=1S/C19H25N3O3S2/c1-15-5-9-17(10-6-15)22(27(24,25)21(2)3)14-19(23)20-13-16-7-11-18(26-4)12-8-16/h5-12H,13-14H2,1-4H3,(H,20,23). The number of aryl methyl sites for hydroxylation is 1.